The standard InChI is InChI=1S/C36H35N9O6/c46-29-15-14-28(33(48)42-29)45-34(49)25-8-5-9-27(30(25)35(45)50)37-16-3-1-2-4-17-38-32(47)23-12-10-22(11-13-23)26-20-40-36(44-21-41-43-31(26)44)39-19-24-7-6-18-51-24/h5-13,18,20-21,28,37H,1-4,14-17,19H2,(H,38,47)(H,39,40)(H,42,46,48). The van der Waals surface area contributed by atoms with Gasteiger partial charge in [0.1, 0.15) is 18.1 Å². The first-order valence-electron chi connectivity index (χ1n) is 16.8. The van der Waals surface area contributed by atoms with E-state index in [0.717, 1.165) is 47.5 Å². The van der Waals surface area contributed by atoms with Crippen LogP contribution < -0.4 is 21.3 Å². The van der Waals surface area contributed by atoms with Gasteiger partial charge in [-0.1, -0.05) is 31.0 Å². The van der Waals surface area contributed by atoms with Crippen molar-refractivity contribution in [1.29, 1.82) is 0 Å². The van der Waals surface area contributed by atoms with E-state index in [2.05, 4.69) is 36.4 Å². The molecule has 0 saturated carbocycles. The number of piperidine rings is 1. The van der Waals surface area contributed by atoms with Gasteiger partial charge in [-0.05, 0) is 61.2 Å². The summed E-state index contributed by atoms with van der Waals surface area (Å²) in [5, 5.41) is 20.0. The first-order valence-corrected chi connectivity index (χ1v) is 16.8. The number of rotatable bonds is 14. The molecular formula is C36H35N9O6. The van der Waals surface area contributed by atoms with E-state index in [1.165, 1.54) is 0 Å². The Morgan fingerprint density at radius 1 is 0.902 bits per heavy atom. The fourth-order valence-electron chi connectivity index (χ4n) is 6.33. The maximum absolute atomic E-state index is 13.3. The lowest BCUT2D eigenvalue weighted by Gasteiger charge is -2.27. The van der Waals surface area contributed by atoms with Crippen LogP contribution in [0.25, 0.3) is 16.8 Å². The molecule has 2 aromatic carbocycles. The van der Waals surface area contributed by atoms with Gasteiger partial charge in [0.2, 0.25) is 17.8 Å². The highest BCUT2D eigenvalue weighted by Crippen LogP contribution is 2.32. The van der Waals surface area contributed by atoms with Gasteiger partial charge >= 0.3 is 0 Å². The van der Waals surface area contributed by atoms with Crippen molar-refractivity contribution in [1.82, 2.24) is 35.1 Å². The van der Waals surface area contributed by atoms with E-state index in [0.29, 0.717) is 42.5 Å². The van der Waals surface area contributed by atoms with Crippen LogP contribution in [-0.2, 0) is 16.1 Å². The first kappa shape index (κ1) is 33.1. The Morgan fingerprint density at radius 2 is 1.73 bits per heavy atom. The number of amides is 5. The second-order valence-corrected chi connectivity index (χ2v) is 12.3. The topological polar surface area (TPSA) is 193 Å². The van der Waals surface area contributed by atoms with E-state index in [4.69, 9.17) is 4.42 Å². The van der Waals surface area contributed by atoms with Gasteiger partial charge in [-0.15, -0.1) is 10.2 Å². The van der Waals surface area contributed by atoms with Crippen LogP contribution in [0.4, 0.5) is 11.6 Å². The lowest BCUT2D eigenvalue weighted by Crippen LogP contribution is -2.54. The molecule has 15 nitrogen and oxygen atoms in total. The maximum atomic E-state index is 13.3. The normalized spacial score (nSPS) is 15.6. The Hall–Kier alpha value is -6.38. The molecule has 5 heterocycles. The van der Waals surface area contributed by atoms with E-state index >= 15 is 0 Å². The number of hydrogen-bond acceptors (Lipinski definition) is 11. The summed E-state index contributed by atoms with van der Waals surface area (Å²) in [7, 11) is 0. The number of aromatic nitrogens is 4. The number of anilines is 2. The van der Waals surface area contributed by atoms with Crippen LogP contribution in [0.15, 0.2) is 77.8 Å². The minimum absolute atomic E-state index is 0.0706. The number of benzene rings is 2. The van der Waals surface area contributed by atoms with Crippen molar-refractivity contribution in [3.05, 3.63) is 95.8 Å². The highest BCUT2D eigenvalue weighted by molar-refractivity contribution is 6.25. The van der Waals surface area contributed by atoms with E-state index in [1.807, 2.05) is 24.3 Å². The maximum Gasteiger partial charge on any atom is 0.264 e. The number of unbranched alkanes of at least 4 members (excludes halogenated alkanes) is 3. The first-order chi connectivity index (χ1) is 24.9. The Kier molecular flexibility index (Phi) is 9.50. The molecule has 0 radical (unpaired) electrons. The van der Waals surface area contributed by atoms with Gasteiger partial charge in [0.25, 0.3) is 17.7 Å². The van der Waals surface area contributed by atoms with Gasteiger partial charge in [-0.25, -0.2) is 4.98 Å². The molecule has 7 rings (SSSR count). The van der Waals surface area contributed by atoms with Crippen LogP contribution in [0, 0.1) is 0 Å². The zero-order valence-corrected chi connectivity index (χ0v) is 27.6. The second-order valence-electron chi connectivity index (χ2n) is 12.3. The van der Waals surface area contributed by atoms with Crippen molar-refractivity contribution in [3.63, 3.8) is 0 Å². The molecule has 0 bridgehead atoms. The van der Waals surface area contributed by atoms with Crippen molar-refractivity contribution >= 4 is 46.8 Å². The fraction of sp³-hybridized carbons (Fsp3) is 0.278. The number of nitrogens with one attached hydrogen (secondary N) is 4. The van der Waals surface area contributed by atoms with Gasteiger partial charge in [-0.2, -0.15) is 0 Å². The average molecular weight is 690 g/mol. The Morgan fingerprint density at radius 3 is 2.51 bits per heavy atom. The molecule has 4 N–H and O–H groups in total. The van der Waals surface area contributed by atoms with Crippen LogP contribution in [0.2, 0.25) is 0 Å². The number of imide groups is 2. The summed E-state index contributed by atoms with van der Waals surface area (Å²) in [6.45, 7) is 1.58. The van der Waals surface area contributed by atoms with Gasteiger partial charge in [0.15, 0.2) is 5.65 Å². The molecule has 15 heteroatoms. The van der Waals surface area contributed by atoms with E-state index in [9.17, 15) is 24.0 Å². The third-order valence-corrected chi connectivity index (χ3v) is 8.96. The largest absolute Gasteiger partial charge is 0.467 e. The number of carbonyl (C=O) groups excluding carboxylic acids is 5. The molecule has 0 aliphatic carbocycles. The van der Waals surface area contributed by atoms with Crippen molar-refractivity contribution in [2.24, 2.45) is 0 Å². The number of hydrogen-bond donors (Lipinski definition) is 4. The molecule has 1 saturated heterocycles. The molecule has 0 spiro atoms. The molecule has 51 heavy (non-hydrogen) atoms. The molecule has 2 aliphatic rings. The molecule has 1 fully saturated rings. The Labute approximate surface area is 291 Å². The molecule has 2 aliphatic heterocycles. The molecule has 1 unspecified atom stereocenters. The van der Waals surface area contributed by atoms with Crippen molar-refractivity contribution in [3.8, 4) is 11.1 Å². The Balaban J connectivity index is 0.843. The minimum Gasteiger partial charge on any atom is -0.467 e. The van der Waals surface area contributed by atoms with Crippen LogP contribution >= 0.6 is 0 Å². The fourth-order valence-corrected chi connectivity index (χ4v) is 6.33. The lowest BCUT2D eigenvalue weighted by molar-refractivity contribution is -0.136. The number of nitrogens with zero attached hydrogens (tertiary/aromatic N) is 5. The predicted octanol–water partition coefficient (Wildman–Crippen LogP) is 3.80. The molecule has 3 aromatic heterocycles. The van der Waals surface area contributed by atoms with E-state index < -0.39 is 29.7 Å². The van der Waals surface area contributed by atoms with Gasteiger partial charge in [0, 0.05) is 42.5 Å². The quantitative estimate of drug-likeness (QED) is 0.0979. The molecule has 5 amide bonds. The zero-order valence-electron chi connectivity index (χ0n) is 27.6. The minimum atomic E-state index is -1.00. The molecule has 260 valence electrons. The van der Waals surface area contributed by atoms with E-state index in [-0.39, 0.29) is 29.9 Å². The predicted molar refractivity (Wildman–Crippen MR) is 185 cm³/mol. The summed E-state index contributed by atoms with van der Waals surface area (Å²) >= 11 is 0. The Bertz CT molecular complexity index is 2110. The van der Waals surface area contributed by atoms with Crippen LogP contribution in [0.3, 0.4) is 0 Å². The monoisotopic (exact) mass is 689 g/mol. The smallest absolute Gasteiger partial charge is 0.264 e. The summed E-state index contributed by atoms with van der Waals surface area (Å²) in [6, 6.07) is 15.0. The summed E-state index contributed by atoms with van der Waals surface area (Å²) in [5.41, 5.74) is 3.84. The highest BCUT2D eigenvalue weighted by atomic mass is 16.3. The van der Waals surface area contributed by atoms with Crippen LogP contribution in [0.5, 0.6) is 0 Å². The number of carbonyl (C=O) groups is 5. The lowest BCUT2D eigenvalue weighted by atomic mass is 10.0. The summed E-state index contributed by atoms with van der Waals surface area (Å²) in [6.07, 6.45) is 8.51. The summed E-state index contributed by atoms with van der Waals surface area (Å²) < 4.78 is 7.14. The number of fused-ring (bicyclic) bond motifs is 2. The third-order valence-electron chi connectivity index (χ3n) is 8.96. The van der Waals surface area contributed by atoms with Gasteiger partial charge in [0.05, 0.1) is 23.9 Å². The summed E-state index contributed by atoms with van der Waals surface area (Å²) in [4.78, 5) is 68.5. The van der Waals surface area contributed by atoms with Crippen molar-refractivity contribution in [2.75, 3.05) is 23.7 Å². The molecular weight excluding hydrogens is 654 g/mol. The SMILES string of the molecule is O=C1CCC(N2C(=O)c3cccc(NCCCCCCNC(=O)c4ccc(-c5cnc(NCc6ccco6)n6cnnc56)cc4)c3C2=O)C(=O)N1. The molecule has 1 atom stereocenters. The van der Waals surface area contributed by atoms with Crippen molar-refractivity contribution < 1.29 is 28.4 Å². The third kappa shape index (κ3) is 6.90. The number of furan rings is 1. The van der Waals surface area contributed by atoms with E-state index in [1.54, 1.807) is 53.5 Å². The zero-order chi connectivity index (χ0) is 35.3. The van der Waals surface area contributed by atoms with Crippen LogP contribution in [-0.4, -0.2) is 73.1 Å². The van der Waals surface area contributed by atoms with Gasteiger partial charge < -0.3 is 20.4 Å². The average Bonchev–Trinajstić information content (AvgIpc) is 3.90. The van der Waals surface area contributed by atoms with Crippen LogP contribution in [0.1, 0.15) is 75.4 Å². The molecule has 5 aromatic rings. The van der Waals surface area contributed by atoms with Gasteiger partial charge in [-0.3, -0.25) is 38.6 Å². The highest BCUT2D eigenvalue weighted by Gasteiger charge is 2.45. The van der Waals surface area contributed by atoms with Crippen molar-refractivity contribution in [2.45, 2.75) is 51.1 Å². The summed E-state index contributed by atoms with van der Waals surface area (Å²) in [5.74, 6) is -0.912. The second kappa shape index (κ2) is 14.6.